The second-order valence-corrected chi connectivity index (χ2v) is 17.3. The van der Waals surface area contributed by atoms with Crippen molar-refractivity contribution in [3.8, 4) is 0 Å². The number of rotatable bonds is 5. The predicted octanol–water partition coefficient (Wildman–Crippen LogP) is 6.61. The first-order chi connectivity index (χ1) is 14.0. The van der Waals surface area contributed by atoms with E-state index in [9.17, 15) is 4.79 Å². The first-order valence-corrected chi connectivity index (χ1v) is 15.0. The minimum atomic E-state index is -2.01. The van der Waals surface area contributed by atoms with E-state index in [2.05, 4.69) is 49.8 Å². The summed E-state index contributed by atoms with van der Waals surface area (Å²) in [6, 6.07) is 9.49. The molecule has 0 aliphatic carbocycles. The first kappa shape index (κ1) is 22.5. The van der Waals surface area contributed by atoms with Gasteiger partial charge in [0.05, 0.1) is 35.2 Å². The number of ether oxygens (including phenoxy) is 1. The van der Waals surface area contributed by atoms with Gasteiger partial charge in [0.15, 0.2) is 8.32 Å². The highest BCUT2D eigenvalue weighted by atomic mass is 79.9. The van der Waals surface area contributed by atoms with Gasteiger partial charge in [-0.15, -0.1) is 11.3 Å². The van der Waals surface area contributed by atoms with E-state index in [1.807, 2.05) is 35.2 Å². The van der Waals surface area contributed by atoms with Gasteiger partial charge < -0.3 is 14.1 Å². The van der Waals surface area contributed by atoms with E-state index in [4.69, 9.17) is 20.8 Å². The van der Waals surface area contributed by atoms with E-state index >= 15 is 0 Å². The number of fused-ring (bicyclic) bond motifs is 2. The molecule has 0 N–H and O–H groups in total. The average molecular weight is 529 g/mol. The molecule has 30 heavy (non-hydrogen) atoms. The average Bonchev–Trinajstić information content (AvgIpc) is 3.09. The second kappa shape index (κ2) is 7.71. The van der Waals surface area contributed by atoms with Crippen molar-refractivity contribution in [2.45, 2.75) is 50.5 Å². The summed E-state index contributed by atoms with van der Waals surface area (Å²) in [4.78, 5) is 16.7. The van der Waals surface area contributed by atoms with E-state index in [-0.39, 0.29) is 17.0 Å². The summed E-state index contributed by atoms with van der Waals surface area (Å²) in [6.07, 6.45) is 0. The summed E-state index contributed by atoms with van der Waals surface area (Å²) in [5, 5.41) is 0.745. The maximum Gasteiger partial charge on any atom is 0.256 e. The van der Waals surface area contributed by atoms with Crippen molar-refractivity contribution in [2.24, 2.45) is 0 Å². The van der Waals surface area contributed by atoms with E-state index in [1.165, 1.54) is 0 Å². The van der Waals surface area contributed by atoms with Crippen LogP contribution in [0.2, 0.25) is 23.2 Å². The Morgan fingerprint density at radius 3 is 2.60 bits per heavy atom. The number of benzene rings is 1. The Kier molecular flexibility index (Phi) is 5.78. The lowest BCUT2D eigenvalue weighted by Gasteiger charge is -2.49. The van der Waals surface area contributed by atoms with Gasteiger partial charge in [-0.05, 0) is 57.8 Å². The third kappa shape index (κ3) is 3.61. The molecule has 0 bridgehead atoms. The summed E-state index contributed by atoms with van der Waals surface area (Å²) in [5.74, 6) is 0.0408. The van der Waals surface area contributed by atoms with Gasteiger partial charge >= 0.3 is 0 Å². The number of thiophene rings is 1. The highest BCUT2D eigenvalue weighted by Gasteiger charge is 2.58. The van der Waals surface area contributed by atoms with Crippen molar-refractivity contribution in [1.29, 1.82) is 0 Å². The topological polar surface area (TPSA) is 38.8 Å². The third-order valence-corrected chi connectivity index (χ3v) is 13.2. The smallest absolute Gasteiger partial charge is 0.256 e. The molecule has 1 atom stereocenters. The molecule has 1 aromatic carbocycles. The van der Waals surface area contributed by atoms with Crippen LogP contribution in [0.25, 0.3) is 0 Å². The molecule has 3 heterocycles. The van der Waals surface area contributed by atoms with Crippen LogP contribution in [0, 0.1) is 0 Å². The Labute approximate surface area is 196 Å². The van der Waals surface area contributed by atoms with E-state index in [0.717, 1.165) is 19.8 Å². The van der Waals surface area contributed by atoms with Crippen LogP contribution in [0.5, 0.6) is 0 Å². The molecule has 2 aromatic rings. The fourth-order valence-electron chi connectivity index (χ4n) is 3.84. The monoisotopic (exact) mass is 527 g/mol. The van der Waals surface area contributed by atoms with Crippen LogP contribution < -0.4 is 0 Å². The maximum absolute atomic E-state index is 13.6. The Balaban J connectivity index is 1.75. The highest BCUT2D eigenvalue weighted by Crippen LogP contribution is 2.53. The van der Waals surface area contributed by atoms with E-state index in [0.29, 0.717) is 24.8 Å². The fraction of sp³-hybridized carbons (Fsp3) is 0.500. The zero-order valence-electron chi connectivity index (χ0n) is 17.9. The van der Waals surface area contributed by atoms with Crippen molar-refractivity contribution in [3.63, 3.8) is 0 Å². The standard InChI is InChI=1S/C22H27BrClNO3SSi/c1-21(2,3)30(4,5)28-11-17(14-7-6-8-15(24)9-14)25-20(26)16-10-18(23)29-19(16)22(25)12-27-13-22/h6-10,17H,11-13H2,1-5H3/t17-/m1/s1. The van der Waals surface area contributed by atoms with Gasteiger partial charge in [0, 0.05) is 9.90 Å². The molecular weight excluding hydrogens is 502 g/mol. The third-order valence-electron chi connectivity index (χ3n) is 6.67. The zero-order valence-corrected chi connectivity index (χ0v) is 22.1. The normalized spacial score (nSPS) is 19.2. The van der Waals surface area contributed by atoms with Gasteiger partial charge in [-0.25, -0.2) is 0 Å². The molecule has 8 heteroatoms. The van der Waals surface area contributed by atoms with Crippen molar-refractivity contribution in [2.75, 3.05) is 19.8 Å². The van der Waals surface area contributed by atoms with Crippen LogP contribution in [-0.4, -0.2) is 38.9 Å². The number of carbonyl (C=O) groups is 1. The fourth-order valence-corrected chi connectivity index (χ4v) is 6.80. The van der Waals surface area contributed by atoms with Crippen molar-refractivity contribution < 1.29 is 14.0 Å². The molecule has 0 unspecified atom stereocenters. The molecule has 4 rings (SSSR count). The van der Waals surface area contributed by atoms with Crippen molar-refractivity contribution >= 4 is 53.1 Å². The van der Waals surface area contributed by atoms with E-state index < -0.39 is 13.9 Å². The lowest BCUT2D eigenvalue weighted by molar-refractivity contribution is -0.138. The van der Waals surface area contributed by atoms with Crippen LogP contribution in [0.1, 0.15) is 47.6 Å². The molecule has 2 aliphatic rings. The molecule has 0 radical (unpaired) electrons. The molecule has 0 saturated carbocycles. The first-order valence-electron chi connectivity index (χ1n) is 10.1. The molecule has 1 aromatic heterocycles. The highest BCUT2D eigenvalue weighted by molar-refractivity contribution is 9.11. The molecule has 162 valence electrons. The van der Waals surface area contributed by atoms with Crippen LogP contribution in [0.3, 0.4) is 0 Å². The van der Waals surface area contributed by atoms with Crippen LogP contribution in [-0.2, 0) is 14.7 Å². The number of amides is 1. The SMILES string of the molecule is CC(C)(C)[Si](C)(C)OC[C@H](c1cccc(Cl)c1)N1C(=O)c2cc(Br)sc2C12COC2. The quantitative estimate of drug-likeness (QED) is 0.410. The lowest BCUT2D eigenvalue weighted by Crippen LogP contribution is -2.59. The van der Waals surface area contributed by atoms with E-state index in [1.54, 1.807) is 11.3 Å². The minimum absolute atomic E-state index is 0.0408. The molecule has 1 saturated heterocycles. The van der Waals surface area contributed by atoms with Crippen LogP contribution in [0.15, 0.2) is 34.1 Å². The van der Waals surface area contributed by atoms with Gasteiger partial charge in [-0.2, -0.15) is 0 Å². The summed E-state index contributed by atoms with van der Waals surface area (Å²) in [5.41, 5.74) is 1.34. The molecule has 1 amide bonds. The van der Waals surface area contributed by atoms with Crippen LogP contribution >= 0.6 is 38.9 Å². The Bertz CT molecular complexity index is 983. The van der Waals surface area contributed by atoms with Crippen molar-refractivity contribution in [3.05, 3.63) is 55.1 Å². The maximum atomic E-state index is 13.6. The predicted molar refractivity (Wildman–Crippen MR) is 128 cm³/mol. The molecule has 4 nitrogen and oxygen atoms in total. The Hall–Kier alpha value is -0.703. The van der Waals surface area contributed by atoms with Crippen LogP contribution in [0.4, 0.5) is 0 Å². The largest absolute Gasteiger partial charge is 0.414 e. The summed E-state index contributed by atoms with van der Waals surface area (Å²) in [6.45, 7) is 12.6. The summed E-state index contributed by atoms with van der Waals surface area (Å²) < 4.78 is 13.3. The van der Waals surface area contributed by atoms with Gasteiger partial charge in [-0.1, -0.05) is 44.5 Å². The zero-order chi connectivity index (χ0) is 21.9. The van der Waals surface area contributed by atoms with Gasteiger partial charge in [0.1, 0.15) is 5.54 Å². The Morgan fingerprint density at radius 1 is 1.33 bits per heavy atom. The molecule has 1 fully saturated rings. The number of hydrogen-bond acceptors (Lipinski definition) is 4. The van der Waals surface area contributed by atoms with Gasteiger partial charge in [0.2, 0.25) is 0 Å². The van der Waals surface area contributed by atoms with Gasteiger partial charge in [-0.3, -0.25) is 4.79 Å². The molecular formula is C22H27BrClNO3SSi. The lowest BCUT2D eigenvalue weighted by atomic mass is 9.92. The van der Waals surface area contributed by atoms with Gasteiger partial charge in [0.25, 0.3) is 5.91 Å². The number of nitrogens with zero attached hydrogens (tertiary/aromatic N) is 1. The van der Waals surface area contributed by atoms with Crippen molar-refractivity contribution in [1.82, 2.24) is 4.90 Å². The number of carbonyl (C=O) groups excluding carboxylic acids is 1. The summed E-state index contributed by atoms with van der Waals surface area (Å²) in [7, 11) is -2.01. The number of hydrogen-bond donors (Lipinski definition) is 0. The minimum Gasteiger partial charge on any atom is -0.414 e. The number of halogens is 2. The molecule has 1 spiro atoms. The Morgan fingerprint density at radius 2 is 2.03 bits per heavy atom. The molecule has 2 aliphatic heterocycles. The second-order valence-electron chi connectivity index (χ2n) is 9.63. The summed E-state index contributed by atoms with van der Waals surface area (Å²) >= 11 is 11.5.